The van der Waals surface area contributed by atoms with Gasteiger partial charge in [0, 0.05) is 29.2 Å². The van der Waals surface area contributed by atoms with Crippen LogP contribution in [0.15, 0.2) is 46.7 Å². The number of aldehydes is 1. The molecular weight excluding hydrogens is 511 g/mol. The number of thioether (sulfide) groups is 1. The third-order valence-corrected chi connectivity index (χ3v) is 7.69. The fourth-order valence-corrected chi connectivity index (χ4v) is 6.10. The quantitative estimate of drug-likeness (QED) is 0.161. The van der Waals surface area contributed by atoms with Gasteiger partial charge in [0.15, 0.2) is 6.29 Å². The van der Waals surface area contributed by atoms with Gasteiger partial charge in [0.05, 0.1) is 25.6 Å². The van der Waals surface area contributed by atoms with Crippen molar-refractivity contribution in [2.45, 2.75) is 30.2 Å². The summed E-state index contributed by atoms with van der Waals surface area (Å²) in [5.74, 6) is 0. The van der Waals surface area contributed by atoms with E-state index in [1.807, 2.05) is 43.3 Å². The molecule has 0 bridgehead atoms. The molecule has 3 N–H and O–H groups in total. The number of aryl methyl sites for hydroxylation is 1. The minimum Gasteiger partial charge on any atom is -0.400 e. The molecule has 4 rings (SSSR count). The average molecular weight is 536 g/mol. The molecule has 2 aromatic heterocycles. The fourth-order valence-electron chi connectivity index (χ4n) is 3.31. The van der Waals surface area contributed by atoms with Gasteiger partial charge in [0.2, 0.25) is 5.13 Å². The van der Waals surface area contributed by atoms with Crippen molar-refractivity contribution >= 4 is 58.3 Å². The van der Waals surface area contributed by atoms with Gasteiger partial charge >= 0.3 is 0 Å². The van der Waals surface area contributed by atoms with Gasteiger partial charge in [-0.25, -0.2) is 9.67 Å². The van der Waals surface area contributed by atoms with Gasteiger partial charge in [-0.1, -0.05) is 66.6 Å². The molecule has 0 aliphatic heterocycles. The van der Waals surface area contributed by atoms with Gasteiger partial charge in [-0.05, 0) is 36.8 Å². The Bertz CT molecular complexity index is 1300. The molecule has 0 aliphatic carbocycles. The SMILES string of the molecule is CO.Cc1nn(-c2nc(-c3ccc(Cl)c(Cl)c3)c(SC(C)C)s2)c(C=O)c1-c1ccc(N)cc1. The molecule has 0 saturated carbocycles. The zero-order valence-corrected chi connectivity index (χ0v) is 22.2. The minimum absolute atomic E-state index is 0.347. The number of thiazole rings is 1. The van der Waals surface area contributed by atoms with E-state index in [0.717, 1.165) is 45.7 Å². The zero-order chi connectivity index (χ0) is 25.0. The average Bonchev–Trinajstić information content (AvgIpc) is 3.37. The number of aliphatic hydroxyl groups excluding tert-OH is 1. The van der Waals surface area contributed by atoms with Crippen molar-refractivity contribution < 1.29 is 9.90 Å². The third kappa shape index (κ3) is 5.47. The van der Waals surface area contributed by atoms with E-state index in [-0.39, 0.29) is 0 Å². The number of hydrogen-bond donors (Lipinski definition) is 2. The number of carbonyl (C=O) groups excluding carboxylic acids is 1. The number of aliphatic hydroxyl groups is 1. The van der Waals surface area contributed by atoms with Gasteiger partial charge in [-0.15, -0.1) is 11.8 Å². The van der Waals surface area contributed by atoms with E-state index in [2.05, 4.69) is 18.9 Å². The highest BCUT2D eigenvalue weighted by Gasteiger charge is 2.23. The molecular formula is C24H24Cl2N4O2S2. The van der Waals surface area contributed by atoms with Gasteiger partial charge < -0.3 is 10.8 Å². The molecule has 0 unspecified atom stereocenters. The highest BCUT2D eigenvalue weighted by molar-refractivity contribution is 8.01. The lowest BCUT2D eigenvalue weighted by atomic mass is 10.0. The van der Waals surface area contributed by atoms with Crippen LogP contribution in [0, 0.1) is 6.92 Å². The monoisotopic (exact) mass is 534 g/mol. The van der Waals surface area contributed by atoms with Crippen LogP contribution in [0.1, 0.15) is 30.0 Å². The number of nitrogens with two attached hydrogens (primary N) is 1. The van der Waals surface area contributed by atoms with Crippen molar-refractivity contribution in [3.05, 3.63) is 63.9 Å². The van der Waals surface area contributed by atoms with Crippen LogP contribution < -0.4 is 5.73 Å². The molecule has 34 heavy (non-hydrogen) atoms. The number of aromatic nitrogens is 3. The standard InChI is InChI=1S/C23H20Cl2N4OS2.CH4O/c1-12(2)31-22-21(15-6-9-17(24)18(25)10-15)27-23(32-22)29-19(11-30)20(13(3)28-29)14-4-7-16(26)8-5-14;1-2/h4-12H,26H2,1-3H3;2H,1H3. The maximum atomic E-state index is 12.2. The first-order valence-electron chi connectivity index (χ1n) is 10.3. The first-order valence-corrected chi connectivity index (χ1v) is 12.7. The molecule has 2 aromatic carbocycles. The second-order valence-corrected chi connectivity index (χ2v) is 11.1. The Hall–Kier alpha value is -2.36. The van der Waals surface area contributed by atoms with Crippen LogP contribution in [0.3, 0.4) is 0 Å². The van der Waals surface area contributed by atoms with Crippen LogP contribution in [0.25, 0.3) is 27.5 Å². The van der Waals surface area contributed by atoms with Crippen LogP contribution in [0.2, 0.25) is 10.0 Å². The highest BCUT2D eigenvalue weighted by Crippen LogP contribution is 2.41. The van der Waals surface area contributed by atoms with Crippen molar-refractivity contribution in [1.82, 2.24) is 14.8 Å². The molecule has 0 saturated heterocycles. The Labute approximate surface area is 216 Å². The molecule has 4 aromatic rings. The van der Waals surface area contributed by atoms with Crippen LogP contribution in [-0.4, -0.2) is 38.5 Å². The van der Waals surface area contributed by atoms with E-state index in [4.69, 9.17) is 39.0 Å². The molecule has 2 heterocycles. The number of anilines is 1. The summed E-state index contributed by atoms with van der Waals surface area (Å²) >= 11 is 15.6. The number of carbonyl (C=O) groups is 1. The van der Waals surface area contributed by atoms with Crippen molar-refractivity contribution in [3.8, 4) is 27.5 Å². The topological polar surface area (TPSA) is 94.0 Å². The predicted octanol–water partition coefficient (Wildman–Crippen LogP) is 6.78. The predicted molar refractivity (Wildman–Crippen MR) is 144 cm³/mol. The second kappa shape index (κ2) is 11.4. The molecule has 0 fully saturated rings. The molecule has 0 amide bonds. The van der Waals surface area contributed by atoms with E-state index in [0.29, 0.717) is 31.8 Å². The molecule has 0 radical (unpaired) electrons. The van der Waals surface area contributed by atoms with Crippen LogP contribution in [-0.2, 0) is 0 Å². The van der Waals surface area contributed by atoms with Crippen LogP contribution in [0.5, 0.6) is 0 Å². The number of hydrogen-bond acceptors (Lipinski definition) is 7. The number of rotatable bonds is 6. The summed E-state index contributed by atoms with van der Waals surface area (Å²) in [6, 6.07) is 12.9. The molecule has 0 atom stereocenters. The number of nitrogen functional groups attached to an aromatic ring is 1. The van der Waals surface area contributed by atoms with E-state index in [1.54, 1.807) is 22.5 Å². The van der Waals surface area contributed by atoms with Gasteiger partial charge in [0.25, 0.3) is 0 Å². The third-order valence-electron chi connectivity index (χ3n) is 4.71. The lowest BCUT2D eigenvalue weighted by Crippen LogP contribution is -2.01. The Kier molecular flexibility index (Phi) is 8.78. The van der Waals surface area contributed by atoms with E-state index in [1.165, 1.54) is 11.3 Å². The minimum atomic E-state index is 0.347. The van der Waals surface area contributed by atoms with Gasteiger partial charge in [-0.2, -0.15) is 5.10 Å². The van der Waals surface area contributed by atoms with Crippen molar-refractivity contribution in [2.24, 2.45) is 0 Å². The Balaban J connectivity index is 0.00000158. The lowest BCUT2D eigenvalue weighted by Gasteiger charge is -2.05. The summed E-state index contributed by atoms with van der Waals surface area (Å²) in [7, 11) is 1.00. The van der Waals surface area contributed by atoms with Crippen molar-refractivity contribution in [2.75, 3.05) is 12.8 Å². The summed E-state index contributed by atoms with van der Waals surface area (Å²) in [4.78, 5) is 17.0. The van der Waals surface area contributed by atoms with Crippen molar-refractivity contribution in [1.29, 1.82) is 0 Å². The zero-order valence-electron chi connectivity index (χ0n) is 19.0. The van der Waals surface area contributed by atoms with Gasteiger partial charge in [0.1, 0.15) is 5.69 Å². The molecule has 6 nitrogen and oxygen atoms in total. The number of nitrogens with zero attached hydrogens (tertiary/aromatic N) is 3. The normalized spacial score (nSPS) is 10.8. The van der Waals surface area contributed by atoms with Crippen LogP contribution >= 0.6 is 46.3 Å². The first-order chi connectivity index (χ1) is 16.3. The van der Waals surface area contributed by atoms with E-state index >= 15 is 0 Å². The summed E-state index contributed by atoms with van der Waals surface area (Å²) in [6.45, 7) is 6.13. The molecule has 10 heteroatoms. The Morgan fingerprint density at radius 2 is 1.74 bits per heavy atom. The number of benzene rings is 2. The maximum Gasteiger partial charge on any atom is 0.212 e. The van der Waals surface area contributed by atoms with E-state index in [9.17, 15) is 4.79 Å². The molecule has 0 aliphatic rings. The maximum absolute atomic E-state index is 12.2. The lowest BCUT2D eigenvalue weighted by molar-refractivity contribution is 0.111. The summed E-state index contributed by atoms with van der Waals surface area (Å²) < 4.78 is 2.64. The van der Waals surface area contributed by atoms with E-state index < -0.39 is 0 Å². The number of halogens is 2. The summed E-state index contributed by atoms with van der Waals surface area (Å²) in [5.41, 5.74) is 11.0. The fraction of sp³-hybridized carbons (Fsp3) is 0.208. The smallest absolute Gasteiger partial charge is 0.212 e. The highest BCUT2D eigenvalue weighted by atomic mass is 35.5. The molecule has 0 spiro atoms. The second-order valence-electron chi connectivity index (χ2n) is 7.43. The van der Waals surface area contributed by atoms with Crippen LogP contribution in [0.4, 0.5) is 5.69 Å². The Morgan fingerprint density at radius 3 is 2.32 bits per heavy atom. The Morgan fingerprint density at radius 1 is 1.09 bits per heavy atom. The molecule has 178 valence electrons. The summed E-state index contributed by atoms with van der Waals surface area (Å²) in [5, 5.41) is 13.6. The van der Waals surface area contributed by atoms with Crippen molar-refractivity contribution in [3.63, 3.8) is 0 Å². The summed E-state index contributed by atoms with van der Waals surface area (Å²) in [6.07, 6.45) is 0.821. The van der Waals surface area contributed by atoms with Gasteiger partial charge in [-0.3, -0.25) is 4.79 Å². The largest absolute Gasteiger partial charge is 0.400 e. The first kappa shape index (κ1) is 26.2.